The maximum atomic E-state index is 13.4. The van der Waals surface area contributed by atoms with Gasteiger partial charge in [-0.15, -0.1) is 0 Å². The van der Waals surface area contributed by atoms with Crippen molar-refractivity contribution in [3.05, 3.63) is 42.2 Å². The van der Waals surface area contributed by atoms with Crippen LogP contribution in [0.15, 0.2) is 36.7 Å². The van der Waals surface area contributed by atoms with E-state index in [1.165, 1.54) is 0 Å². The van der Waals surface area contributed by atoms with Gasteiger partial charge in [0.1, 0.15) is 11.3 Å². The molecule has 2 aromatic carbocycles. The Hall–Kier alpha value is -3.59. The maximum absolute atomic E-state index is 13.4. The summed E-state index contributed by atoms with van der Waals surface area (Å²) in [6.45, 7) is 3.07. The molecular weight excluding hydrogens is 430 g/mol. The molecule has 0 saturated carbocycles. The molecule has 34 heavy (non-hydrogen) atoms. The third-order valence-electron chi connectivity index (χ3n) is 6.65. The number of amides is 1. The van der Waals surface area contributed by atoms with Crippen molar-refractivity contribution < 1.29 is 9.53 Å². The fourth-order valence-corrected chi connectivity index (χ4v) is 4.96. The molecule has 178 valence electrons. The van der Waals surface area contributed by atoms with Crippen LogP contribution >= 0.6 is 0 Å². The lowest BCUT2D eigenvalue weighted by atomic mass is 9.96. The second kappa shape index (κ2) is 8.98. The summed E-state index contributed by atoms with van der Waals surface area (Å²) >= 11 is 0. The zero-order valence-corrected chi connectivity index (χ0v) is 20.1. The van der Waals surface area contributed by atoms with Crippen LogP contribution in [0, 0.1) is 5.92 Å². The third-order valence-corrected chi connectivity index (χ3v) is 6.65. The van der Waals surface area contributed by atoms with Crippen LogP contribution in [0.4, 0.5) is 11.4 Å². The van der Waals surface area contributed by atoms with Gasteiger partial charge in [0.15, 0.2) is 0 Å². The van der Waals surface area contributed by atoms with Crippen LogP contribution in [-0.4, -0.2) is 59.3 Å². The van der Waals surface area contributed by atoms with Gasteiger partial charge in [0.2, 0.25) is 0 Å². The zero-order chi connectivity index (χ0) is 23.8. The molecule has 4 aromatic rings. The van der Waals surface area contributed by atoms with Crippen molar-refractivity contribution in [3.63, 3.8) is 0 Å². The standard InChI is InChI=1S/C25H31N7O2/c1-26-13-16-7-9-32(10-8-16)22-6-5-18(24-19(22)15-31(3)29-24)25(33)27-21-11-17-14-30(2)28-20(17)12-23(21)34-4/h5-6,11-12,14-16,26H,7-10,13H2,1-4H3,(H,27,33). The molecule has 1 aliphatic heterocycles. The quantitative estimate of drug-likeness (QED) is 0.459. The summed E-state index contributed by atoms with van der Waals surface area (Å²) in [5, 5.41) is 17.3. The topological polar surface area (TPSA) is 89.2 Å². The fourth-order valence-electron chi connectivity index (χ4n) is 4.96. The average molecular weight is 462 g/mol. The molecule has 0 aliphatic carbocycles. The second-order valence-corrected chi connectivity index (χ2v) is 9.05. The van der Waals surface area contributed by atoms with Gasteiger partial charge in [-0.2, -0.15) is 10.2 Å². The van der Waals surface area contributed by atoms with Crippen molar-refractivity contribution in [2.24, 2.45) is 20.0 Å². The molecule has 1 fully saturated rings. The summed E-state index contributed by atoms with van der Waals surface area (Å²) in [5.74, 6) is 1.06. The summed E-state index contributed by atoms with van der Waals surface area (Å²) in [5.41, 5.74) is 3.80. The number of ether oxygens (including phenoxy) is 1. The molecule has 1 aliphatic rings. The molecule has 9 heteroatoms. The van der Waals surface area contributed by atoms with E-state index in [0.29, 0.717) is 28.4 Å². The molecule has 5 rings (SSSR count). The molecule has 0 radical (unpaired) electrons. The maximum Gasteiger partial charge on any atom is 0.258 e. The molecule has 2 N–H and O–H groups in total. The number of fused-ring (bicyclic) bond motifs is 2. The van der Waals surface area contributed by atoms with Gasteiger partial charge in [-0.1, -0.05) is 0 Å². The first kappa shape index (κ1) is 22.2. The second-order valence-electron chi connectivity index (χ2n) is 9.05. The van der Waals surface area contributed by atoms with Gasteiger partial charge in [0.05, 0.1) is 23.9 Å². The van der Waals surface area contributed by atoms with Gasteiger partial charge in [-0.05, 0) is 50.6 Å². The van der Waals surface area contributed by atoms with Crippen LogP contribution in [0.3, 0.4) is 0 Å². The Morgan fingerprint density at radius 3 is 2.62 bits per heavy atom. The number of nitrogens with one attached hydrogen (secondary N) is 2. The number of hydrogen-bond donors (Lipinski definition) is 2. The first-order chi connectivity index (χ1) is 16.5. The number of aryl methyl sites for hydroxylation is 2. The summed E-state index contributed by atoms with van der Waals surface area (Å²) in [4.78, 5) is 15.8. The van der Waals surface area contributed by atoms with Crippen LogP contribution in [0.5, 0.6) is 5.75 Å². The lowest BCUT2D eigenvalue weighted by Crippen LogP contribution is -2.36. The van der Waals surface area contributed by atoms with Crippen molar-refractivity contribution >= 4 is 39.1 Å². The number of methoxy groups -OCH3 is 1. The Bertz CT molecular complexity index is 1350. The Labute approximate surface area is 198 Å². The van der Waals surface area contributed by atoms with Crippen molar-refractivity contribution in [1.82, 2.24) is 24.9 Å². The number of aromatic nitrogens is 4. The van der Waals surface area contributed by atoms with Crippen LogP contribution in [0.2, 0.25) is 0 Å². The van der Waals surface area contributed by atoms with E-state index in [-0.39, 0.29) is 5.91 Å². The third kappa shape index (κ3) is 4.07. The number of anilines is 2. The molecular formula is C25H31N7O2. The number of carbonyl (C=O) groups excluding carboxylic acids is 1. The number of benzene rings is 2. The summed E-state index contributed by atoms with van der Waals surface area (Å²) in [6, 6.07) is 7.66. The first-order valence-corrected chi connectivity index (χ1v) is 11.7. The molecule has 1 saturated heterocycles. The largest absolute Gasteiger partial charge is 0.494 e. The number of piperidine rings is 1. The van der Waals surface area contributed by atoms with E-state index < -0.39 is 0 Å². The van der Waals surface area contributed by atoms with Gasteiger partial charge in [-0.3, -0.25) is 14.2 Å². The monoisotopic (exact) mass is 461 g/mol. The van der Waals surface area contributed by atoms with Gasteiger partial charge in [-0.25, -0.2) is 0 Å². The summed E-state index contributed by atoms with van der Waals surface area (Å²) in [7, 11) is 7.36. The normalized spacial score (nSPS) is 14.8. The number of nitrogens with zero attached hydrogens (tertiary/aromatic N) is 5. The smallest absolute Gasteiger partial charge is 0.258 e. The Morgan fingerprint density at radius 1 is 1.12 bits per heavy atom. The van der Waals surface area contributed by atoms with Crippen molar-refractivity contribution in [3.8, 4) is 5.75 Å². The molecule has 2 aromatic heterocycles. The number of carbonyl (C=O) groups is 1. The highest BCUT2D eigenvalue weighted by Crippen LogP contribution is 2.34. The Kier molecular flexibility index (Phi) is 5.87. The average Bonchev–Trinajstić information content (AvgIpc) is 3.39. The minimum Gasteiger partial charge on any atom is -0.494 e. The van der Waals surface area contributed by atoms with Crippen LogP contribution < -0.4 is 20.3 Å². The van der Waals surface area contributed by atoms with Gasteiger partial charge in [0.25, 0.3) is 5.91 Å². The van der Waals surface area contributed by atoms with Crippen LogP contribution in [0.1, 0.15) is 23.2 Å². The van der Waals surface area contributed by atoms with Crippen molar-refractivity contribution in [1.29, 1.82) is 0 Å². The van der Waals surface area contributed by atoms with E-state index in [4.69, 9.17) is 4.74 Å². The molecule has 0 spiro atoms. The van der Waals surface area contributed by atoms with E-state index in [0.717, 1.165) is 54.5 Å². The van der Waals surface area contributed by atoms with Gasteiger partial charge < -0.3 is 20.3 Å². The van der Waals surface area contributed by atoms with Crippen molar-refractivity contribution in [2.45, 2.75) is 12.8 Å². The first-order valence-electron chi connectivity index (χ1n) is 11.7. The lowest BCUT2D eigenvalue weighted by molar-refractivity contribution is 0.102. The summed E-state index contributed by atoms with van der Waals surface area (Å²) in [6.07, 6.45) is 6.22. The van der Waals surface area contributed by atoms with Gasteiger partial charge in [0, 0.05) is 62.1 Å². The highest BCUT2D eigenvalue weighted by molar-refractivity contribution is 6.14. The predicted octanol–water partition coefficient (Wildman–Crippen LogP) is 3.16. The zero-order valence-electron chi connectivity index (χ0n) is 20.1. The SMILES string of the molecule is CNCC1CCN(c2ccc(C(=O)Nc3cc4cn(C)nc4cc3OC)c3nn(C)cc23)CC1. The minimum absolute atomic E-state index is 0.218. The Balaban J connectivity index is 1.45. The van der Waals surface area contributed by atoms with E-state index in [9.17, 15) is 4.79 Å². The molecule has 3 heterocycles. The number of rotatable bonds is 6. The van der Waals surface area contributed by atoms with E-state index in [1.54, 1.807) is 16.5 Å². The molecule has 0 unspecified atom stereocenters. The van der Waals surface area contributed by atoms with E-state index >= 15 is 0 Å². The highest BCUT2D eigenvalue weighted by atomic mass is 16.5. The van der Waals surface area contributed by atoms with Crippen LogP contribution in [0.25, 0.3) is 21.8 Å². The van der Waals surface area contributed by atoms with Crippen LogP contribution in [-0.2, 0) is 14.1 Å². The summed E-state index contributed by atoms with van der Waals surface area (Å²) < 4.78 is 9.04. The number of hydrogen-bond acceptors (Lipinski definition) is 6. The van der Waals surface area contributed by atoms with Gasteiger partial charge >= 0.3 is 0 Å². The molecule has 0 atom stereocenters. The predicted molar refractivity (Wildman–Crippen MR) is 135 cm³/mol. The molecule has 0 bridgehead atoms. The van der Waals surface area contributed by atoms with Crippen molar-refractivity contribution in [2.75, 3.05) is 44.0 Å². The Morgan fingerprint density at radius 2 is 1.88 bits per heavy atom. The van der Waals surface area contributed by atoms with E-state index in [2.05, 4.69) is 31.8 Å². The minimum atomic E-state index is -0.218. The molecule has 1 amide bonds. The van der Waals surface area contributed by atoms with E-state index in [1.807, 2.05) is 51.7 Å². The fraction of sp³-hybridized carbons (Fsp3) is 0.400. The molecule has 9 nitrogen and oxygen atoms in total. The highest BCUT2D eigenvalue weighted by Gasteiger charge is 2.23. The lowest BCUT2D eigenvalue weighted by Gasteiger charge is -2.34.